The van der Waals surface area contributed by atoms with E-state index in [2.05, 4.69) is 10.6 Å². The van der Waals surface area contributed by atoms with Gasteiger partial charge in [0, 0.05) is 17.0 Å². The summed E-state index contributed by atoms with van der Waals surface area (Å²) in [4.78, 5) is 25.2. The van der Waals surface area contributed by atoms with Crippen LogP contribution in [0.25, 0.3) is 0 Å². The number of hydrogen-bond acceptors (Lipinski definition) is 4. The van der Waals surface area contributed by atoms with Crippen LogP contribution in [0.4, 0.5) is 24.5 Å². The van der Waals surface area contributed by atoms with Crippen molar-refractivity contribution >= 4 is 35.0 Å². The number of methoxy groups -OCH3 is 1. The third kappa shape index (κ3) is 4.54. The molecule has 3 rings (SSSR count). The second-order valence-corrected chi connectivity index (χ2v) is 7.03. The SMILES string of the molecule is COc1ccc2c(c1)S[C@@H](CC(=O)Nc1cccc(C(F)(F)F)c1)C(=O)N2. The van der Waals surface area contributed by atoms with Crippen LogP contribution < -0.4 is 15.4 Å². The van der Waals surface area contributed by atoms with Crippen LogP contribution in [-0.2, 0) is 15.8 Å². The highest BCUT2D eigenvalue weighted by Gasteiger charge is 2.31. The van der Waals surface area contributed by atoms with E-state index in [9.17, 15) is 22.8 Å². The fourth-order valence-corrected chi connectivity index (χ4v) is 3.68. The number of hydrogen-bond donors (Lipinski definition) is 2. The number of ether oxygens (including phenoxy) is 1. The molecule has 0 radical (unpaired) electrons. The lowest BCUT2D eigenvalue weighted by molar-refractivity contribution is -0.137. The lowest BCUT2D eigenvalue weighted by Crippen LogP contribution is -2.32. The molecular formula is C18H15F3N2O3S. The Kier molecular flexibility index (Phi) is 5.31. The molecule has 0 spiro atoms. The minimum atomic E-state index is -4.50. The first kappa shape index (κ1) is 19.1. The smallest absolute Gasteiger partial charge is 0.416 e. The van der Waals surface area contributed by atoms with Gasteiger partial charge in [0.1, 0.15) is 5.75 Å². The number of fused-ring (bicyclic) bond motifs is 1. The summed E-state index contributed by atoms with van der Waals surface area (Å²) >= 11 is 1.21. The minimum Gasteiger partial charge on any atom is -0.497 e. The summed E-state index contributed by atoms with van der Waals surface area (Å²) in [7, 11) is 1.52. The molecule has 0 fully saturated rings. The predicted molar refractivity (Wildman–Crippen MR) is 96.0 cm³/mol. The van der Waals surface area contributed by atoms with Crippen molar-refractivity contribution in [1.29, 1.82) is 0 Å². The number of nitrogens with one attached hydrogen (secondary N) is 2. The quantitative estimate of drug-likeness (QED) is 0.815. The lowest BCUT2D eigenvalue weighted by Gasteiger charge is -2.24. The standard InChI is InChI=1S/C18H15F3N2O3S/c1-26-12-5-6-13-14(8-12)27-15(17(25)23-13)9-16(24)22-11-4-2-3-10(7-11)18(19,20)21/h2-8,15H,9H2,1H3,(H,22,24)(H,23,25)/t15-/m0/s1. The number of benzene rings is 2. The zero-order valence-electron chi connectivity index (χ0n) is 14.1. The van der Waals surface area contributed by atoms with Gasteiger partial charge >= 0.3 is 6.18 Å². The number of alkyl halides is 3. The van der Waals surface area contributed by atoms with Crippen molar-refractivity contribution in [3.05, 3.63) is 48.0 Å². The molecule has 1 aliphatic heterocycles. The summed E-state index contributed by atoms with van der Waals surface area (Å²) in [6.45, 7) is 0. The van der Waals surface area contributed by atoms with Crippen molar-refractivity contribution in [2.24, 2.45) is 0 Å². The predicted octanol–water partition coefficient (Wildman–Crippen LogP) is 4.16. The molecule has 0 bridgehead atoms. The van der Waals surface area contributed by atoms with E-state index < -0.39 is 22.9 Å². The van der Waals surface area contributed by atoms with Crippen LogP contribution in [0.5, 0.6) is 5.75 Å². The highest BCUT2D eigenvalue weighted by atomic mass is 32.2. The topological polar surface area (TPSA) is 67.4 Å². The molecule has 1 atom stereocenters. The first-order chi connectivity index (χ1) is 12.8. The molecule has 2 N–H and O–H groups in total. The third-order valence-corrected chi connectivity index (χ3v) is 5.11. The summed E-state index contributed by atoms with van der Waals surface area (Å²) in [5, 5.41) is 4.43. The largest absolute Gasteiger partial charge is 0.497 e. The van der Waals surface area contributed by atoms with Crippen molar-refractivity contribution in [2.75, 3.05) is 17.7 Å². The second kappa shape index (κ2) is 7.51. The van der Waals surface area contributed by atoms with Crippen LogP contribution >= 0.6 is 11.8 Å². The van der Waals surface area contributed by atoms with Crippen molar-refractivity contribution < 1.29 is 27.5 Å². The van der Waals surface area contributed by atoms with Crippen LogP contribution in [0.3, 0.4) is 0 Å². The molecule has 2 aromatic rings. The maximum atomic E-state index is 12.8. The maximum absolute atomic E-state index is 12.8. The first-order valence-corrected chi connectivity index (χ1v) is 8.77. The number of rotatable bonds is 4. The molecule has 1 heterocycles. The highest BCUT2D eigenvalue weighted by molar-refractivity contribution is 8.01. The normalized spacial score (nSPS) is 16.3. The van der Waals surface area contributed by atoms with E-state index in [4.69, 9.17) is 4.74 Å². The van der Waals surface area contributed by atoms with Gasteiger partial charge in [-0.05, 0) is 36.4 Å². The van der Waals surface area contributed by atoms with Gasteiger partial charge in [0.05, 0.1) is 23.6 Å². The Bertz CT molecular complexity index is 886. The summed E-state index contributed by atoms with van der Waals surface area (Å²) in [5.74, 6) is -0.269. The fourth-order valence-electron chi connectivity index (χ4n) is 2.54. The first-order valence-electron chi connectivity index (χ1n) is 7.89. The second-order valence-electron chi connectivity index (χ2n) is 5.79. The van der Waals surface area contributed by atoms with Crippen molar-refractivity contribution in [3.8, 4) is 5.75 Å². The van der Waals surface area contributed by atoms with Crippen LogP contribution in [0, 0.1) is 0 Å². The van der Waals surface area contributed by atoms with Gasteiger partial charge in [0.15, 0.2) is 0 Å². The Morgan fingerprint density at radius 3 is 2.74 bits per heavy atom. The number of thioether (sulfide) groups is 1. The van der Waals surface area contributed by atoms with Gasteiger partial charge < -0.3 is 15.4 Å². The molecule has 0 aliphatic carbocycles. The molecule has 9 heteroatoms. The van der Waals surface area contributed by atoms with Crippen molar-refractivity contribution in [1.82, 2.24) is 0 Å². The molecular weight excluding hydrogens is 381 g/mol. The molecule has 2 aromatic carbocycles. The van der Waals surface area contributed by atoms with Gasteiger partial charge in [-0.3, -0.25) is 9.59 Å². The molecule has 0 aromatic heterocycles. The zero-order valence-corrected chi connectivity index (χ0v) is 14.9. The van der Waals surface area contributed by atoms with E-state index in [1.807, 2.05) is 0 Å². The Morgan fingerprint density at radius 1 is 1.26 bits per heavy atom. The van der Waals surface area contributed by atoms with E-state index in [1.54, 1.807) is 18.2 Å². The van der Waals surface area contributed by atoms with Crippen LogP contribution in [0.1, 0.15) is 12.0 Å². The number of amides is 2. The Hall–Kier alpha value is -2.68. The average molecular weight is 396 g/mol. The summed E-state index contributed by atoms with van der Waals surface area (Å²) in [6.07, 6.45) is -4.67. The van der Waals surface area contributed by atoms with Gasteiger partial charge in [0.25, 0.3) is 0 Å². The summed E-state index contributed by atoms with van der Waals surface area (Å²) in [6, 6.07) is 9.51. The van der Waals surface area contributed by atoms with Gasteiger partial charge in [-0.25, -0.2) is 0 Å². The van der Waals surface area contributed by atoms with E-state index >= 15 is 0 Å². The molecule has 0 unspecified atom stereocenters. The Morgan fingerprint density at radius 2 is 2.04 bits per heavy atom. The number of carbonyl (C=O) groups is 2. The number of halogens is 3. The molecule has 142 valence electrons. The van der Waals surface area contributed by atoms with Gasteiger partial charge in [-0.1, -0.05) is 6.07 Å². The lowest BCUT2D eigenvalue weighted by atomic mass is 10.2. The maximum Gasteiger partial charge on any atom is 0.416 e. The van der Waals surface area contributed by atoms with Crippen LogP contribution in [-0.4, -0.2) is 24.2 Å². The van der Waals surface area contributed by atoms with E-state index in [0.29, 0.717) is 11.4 Å². The number of carbonyl (C=O) groups excluding carboxylic acids is 2. The average Bonchev–Trinajstić information content (AvgIpc) is 2.61. The molecule has 0 saturated heterocycles. The molecule has 2 amide bonds. The highest BCUT2D eigenvalue weighted by Crippen LogP contribution is 2.39. The van der Waals surface area contributed by atoms with E-state index in [-0.39, 0.29) is 18.0 Å². The zero-order chi connectivity index (χ0) is 19.6. The molecule has 1 aliphatic rings. The van der Waals surface area contributed by atoms with Crippen molar-refractivity contribution in [2.45, 2.75) is 22.7 Å². The van der Waals surface area contributed by atoms with Gasteiger partial charge in [0.2, 0.25) is 11.8 Å². The van der Waals surface area contributed by atoms with E-state index in [0.717, 1.165) is 17.0 Å². The summed E-state index contributed by atoms with van der Waals surface area (Å²) < 4.78 is 43.4. The van der Waals surface area contributed by atoms with Crippen LogP contribution in [0.2, 0.25) is 0 Å². The Labute approximate surface area is 157 Å². The minimum absolute atomic E-state index is 0.0260. The van der Waals surface area contributed by atoms with Crippen molar-refractivity contribution in [3.63, 3.8) is 0 Å². The number of anilines is 2. The van der Waals surface area contributed by atoms with E-state index in [1.165, 1.54) is 31.0 Å². The molecule has 5 nitrogen and oxygen atoms in total. The fraction of sp³-hybridized carbons (Fsp3) is 0.222. The monoisotopic (exact) mass is 396 g/mol. The molecule has 27 heavy (non-hydrogen) atoms. The van der Waals surface area contributed by atoms with Crippen LogP contribution in [0.15, 0.2) is 47.4 Å². The third-order valence-electron chi connectivity index (χ3n) is 3.85. The summed E-state index contributed by atoms with van der Waals surface area (Å²) in [5.41, 5.74) is -0.204. The molecule has 0 saturated carbocycles. The van der Waals surface area contributed by atoms with Gasteiger partial charge in [-0.2, -0.15) is 13.2 Å². The Balaban J connectivity index is 1.68. The van der Waals surface area contributed by atoms with Gasteiger partial charge in [-0.15, -0.1) is 11.8 Å².